The van der Waals surface area contributed by atoms with E-state index < -0.39 is 0 Å². The Bertz CT molecular complexity index is 513. The van der Waals surface area contributed by atoms with Gasteiger partial charge in [0.25, 0.3) is 5.89 Å². The first-order chi connectivity index (χ1) is 7.75. The van der Waals surface area contributed by atoms with Crippen LogP contribution in [0, 0.1) is 6.92 Å². The lowest BCUT2D eigenvalue weighted by Crippen LogP contribution is -2.10. The topological polar surface area (TPSA) is 64.9 Å². The van der Waals surface area contributed by atoms with Crippen LogP contribution in [0.3, 0.4) is 0 Å². The van der Waals surface area contributed by atoms with Gasteiger partial charge in [-0.05, 0) is 30.7 Å². The second-order valence-corrected chi connectivity index (χ2v) is 5.13. The van der Waals surface area contributed by atoms with Crippen LogP contribution < -0.4 is 5.73 Å². The first-order valence-corrected chi connectivity index (χ1v) is 6.31. The van der Waals surface area contributed by atoms with Crippen LogP contribution in [0.15, 0.2) is 9.90 Å². The monoisotopic (exact) mass is 235 g/mol. The van der Waals surface area contributed by atoms with E-state index in [1.165, 1.54) is 19.3 Å². The van der Waals surface area contributed by atoms with Crippen molar-refractivity contribution in [3.05, 3.63) is 16.8 Å². The fraction of sp³-hybridized carbons (Fsp3) is 0.455. The number of nitrogens with two attached hydrogens (primary N) is 1. The maximum atomic E-state index is 5.95. The van der Waals surface area contributed by atoms with Crippen molar-refractivity contribution in [1.82, 2.24) is 10.1 Å². The summed E-state index contributed by atoms with van der Waals surface area (Å²) in [7, 11) is 0. The van der Waals surface area contributed by atoms with Crippen LogP contribution in [0.2, 0.25) is 0 Å². The number of aryl methyl sites for hydroxylation is 1. The normalized spacial score (nSPS) is 16.3. The number of nitrogen functional groups attached to an aromatic ring is 1. The predicted molar refractivity (Wildman–Crippen MR) is 63.4 cm³/mol. The van der Waals surface area contributed by atoms with E-state index in [1.54, 1.807) is 11.3 Å². The first kappa shape index (κ1) is 9.84. The molecule has 1 fully saturated rings. The third kappa shape index (κ3) is 1.43. The van der Waals surface area contributed by atoms with Crippen LogP contribution in [0.1, 0.15) is 36.6 Å². The molecular weight excluding hydrogens is 222 g/mol. The Morgan fingerprint density at radius 3 is 2.88 bits per heavy atom. The molecule has 3 rings (SSSR count). The van der Waals surface area contributed by atoms with Gasteiger partial charge in [0.1, 0.15) is 4.88 Å². The summed E-state index contributed by atoms with van der Waals surface area (Å²) in [5, 5.41) is 6.04. The highest BCUT2D eigenvalue weighted by Gasteiger charge is 2.25. The molecule has 2 N–H and O–H groups in total. The summed E-state index contributed by atoms with van der Waals surface area (Å²) in [4.78, 5) is 5.33. The second-order valence-electron chi connectivity index (χ2n) is 4.25. The Hall–Kier alpha value is -1.36. The molecule has 1 aliphatic carbocycles. The summed E-state index contributed by atoms with van der Waals surface area (Å²) >= 11 is 1.56. The molecule has 0 aromatic carbocycles. The number of hydrogen-bond acceptors (Lipinski definition) is 5. The average molecular weight is 235 g/mol. The minimum atomic E-state index is 0.500. The third-order valence-corrected chi connectivity index (χ3v) is 4.23. The number of nitrogens with zero attached hydrogens (tertiary/aromatic N) is 2. The quantitative estimate of drug-likeness (QED) is 0.869. The van der Waals surface area contributed by atoms with E-state index in [2.05, 4.69) is 10.1 Å². The zero-order valence-electron chi connectivity index (χ0n) is 9.06. The van der Waals surface area contributed by atoms with Crippen molar-refractivity contribution in [2.75, 3.05) is 5.73 Å². The van der Waals surface area contributed by atoms with E-state index >= 15 is 0 Å². The Labute approximate surface area is 97.5 Å². The summed E-state index contributed by atoms with van der Waals surface area (Å²) in [6.45, 7) is 1.98. The molecule has 2 aromatic heterocycles. The SMILES string of the molecule is Cc1csc(-c2nc(C3CCC3)no2)c1N. The molecule has 5 heteroatoms. The molecular formula is C11H13N3OS. The smallest absolute Gasteiger partial charge is 0.270 e. The molecule has 0 saturated heterocycles. The van der Waals surface area contributed by atoms with Crippen LogP contribution in [0.4, 0.5) is 5.69 Å². The molecule has 0 radical (unpaired) electrons. The lowest BCUT2D eigenvalue weighted by Gasteiger charge is -2.20. The Morgan fingerprint density at radius 2 is 2.31 bits per heavy atom. The van der Waals surface area contributed by atoms with Crippen LogP contribution in [0.25, 0.3) is 10.8 Å². The maximum Gasteiger partial charge on any atom is 0.270 e. The van der Waals surface area contributed by atoms with E-state index in [0.29, 0.717) is 11.8 Å². The minimum Gasteiger partial charge on any atom is -0.397 e. The average Bonchev–Trinajstić information content (AvgIpc) is 2.74. The molecule has 84 valence electrons. The lowest BCUT2D eigenvalue weighted by molar-refractivity contribution is 0.366. The van der Waals surface area contributed by atoms with Gasteiger partial charge in [0.15, 0.2) is 5.82 Å². The molecule has 0 atom stereocenters. The highest BCUT2D eigenvalue weighted by molar-refractivity contribution is 7.14. The number of rotatable bonds is 2. The van der Waals surface area contributed by atoms with Crippen molar-refractivity contribution < 1.29 is 4.52 Å². The summed E-state index contributed by atoms with van der Waals surface area (Å²) in [6.07, 6.45) is 3.63. The molecule has 1 aliphatic rings. The third-order valence-electron chi connectivity index (χ3n) is 3.13. The van der Waals surface area contributed by atoms with Crippen molar-refractivity contribution in [2.24, 2.45) is 0 Å². The summed E-state index contributed by atoms with van der Waals surface area (Å²) in [6, 6.07) is 0. The molecule has 0 spiro atoms. The predicted octanol–water partition coefficient (Wildman–Crippen LogP) is 2.96. The van der Waals surface area contributed by atoms with Gasteiger partial charge in [-0.3, -0.25) is 0 Å². The molecule has 0 unspecified atom stereocenters. The van der Waals surface area contributed by atoms with Crippen molar-refractivity contribution in [3.63, 3.8) is 0 Å². The van der Waals surface area contributed by atoms with Crippen LogP contribution in [-0.2, 0) is 0 Å². The van der Waals surface area contributed by atoms with Gasteiger partial charge in [0, 0.05) is 5.92 Å². The molecule has 0 amide bonds. The molecule has 1 saturated carbocycles. The van der Waals surface area contributed by atoms with Crippen molar-refractivity contribution in [3.8, 4) is 10.8 Å². The Balaban J connectivity index is 1.94. The van der Waals surface area contributed by atoms with Crippen LogP contribution >= 0.6 is 11.3 Å². The highest BCUT2D eigenvalue weighted by atomic mass is 32.1. The standard InChI is InChI=1S/C11H13N3OS/c1-6-5-16-9(8(6)12)11-13-10(14-15-11)7-3-2-4-7/h5,7H,2-4,12H2,1H3. The van der Waals surface area contributed by atoms with Crippen molar-refractivity contribution >= 4 is 17.0 Å². The van der Waals surface area contributed by atoms with Gasteiger partial charge in [0.05, 0.1) is 5.69 Å². The molecule has 0 aliphatic heterocycles. The second kappa shape index (κ2) is 3.59. The minimum absolute atomic E-state index is 0.500. The maximum absolute atomic E-state index is 5.95. The Morgan fingerprint density at radius 1 is 1.50 bits per heavy atom. The van der Waals surface area contributed by atoms with Crippen LogP contribution in [0.5, 0.6) is 0 Å². The zero-order valence-corrected chi connectivity index (χ0v) is 9.88. The molecule has 2 heterocycles. The lowest BCUT2D eigenvalue weighted by atomic mass is 9.85. The summed E-state index contributed by atoms with van der Waals surface area (Å²) < 4.78 is 5.27. The first-order valence-electron chi connectivity index (χ1n) is 5.43. The highest BCUT2D eigenvalue weighted by Crippen LogP contribution is 2.38. The van der Waals surface area contributed by atoms with E-state index in [1.807, 2.05) is 12.3 Å². The summed E-state index contributed by atoms with van der Waals surface area (Å²) in [5.74, 6) is 1.91. The van der Waals surface area contributed by atoms with Gasteiger partial charge in [-0.15, -0.1) is 11.3 Å². The fourth-order valence-corrected chi connectivity index (χ4v) is 2.67. The number of hydrogen-bond donors (Lipinski definition) is 1. The van der Waals surface area contributed by atoms with E-state index in [-0.39, 0.29) is 0 Å². The van der Waals surface area contributed by atoms with E-state index in [4.69, 9.17) is 10.3 Å². The van der Waals surface area contributed by atoms with Gasteiger partial charge in [-0.25, -0.2) is 0 Å². The van der Waals surface area contributed by atoms with E-state index in [0.717, 1.165) is 22.0 Å². The van der Waals surface area contributed by atoms with Crippen LogP contribution in [-0.4, -0.2) is 10.1 Å². The Kier molecular flexibility index (Phi) is 2.21. The van der Waals surface area contributed by atoms with Gasteiger partial charge >= 0.3 is 0 Å². The van der Waals surface area contributed by atoms with Gasteiger partial charge in [-0.2, -0.15) is 4.98 Å². The van der Waals surface area contributed by atoms with Crippen molar-refractivity contribution in [2.45, 2.75) is 32.1 Å². The van der Waals surface area contributed by atoms with E-state index in [9.17, 15) is 0 Å². The number of aromatic nitrogens is 2. The number of thiophene rings is 1. The van der Waals surface area contributed by atoms with Gasteiger partial charge < -0.3 is 10.3 Å². The van der Waals surface area contributed by atoms with Gasteiger partial charge in [-0.1, -0.05) is 11.6 Å². The summed E-state index contributed by atoms with van der Waals surface area (Å²) in [5.41, 5.74) is 7.78. The fourth-order valence-electron chi connectivity index (χ4n) is 1.78. The molecule has 0 bridgehead atoms. The zero-order chi connectivity index (χ0) is 11.1. The van der Waals surface area contributed by atoms with Crippen molar-refractivity contribution in [1.29, 1.82) is 0 Å². The number of anilines is 1. The van der Waals surface area contributed by atoms with Gasteiger partial charge in [0.2, 0.25) is 0 Å². The molecule has 4 nitrogen and oxygen atoms in total. The molecule has 16 heavy (non-hydrogen) atoms. The largest absolute Gasteiger partial charge is 0.397 e. The molecule has 2 aromatic rings.